The highest BCUT2D eigenvalue weighted by Gasteiger charge is 2.18. The second-order valence-corrected chi connectivity index (χ2v) is 6.08. The molecule has 4 nitrogen and oxygen atoms in total. The number of furan rings is 2. The molecular weight excluding hydrogens is 354 g/mol. The van der Waals surface area contributed by atoms with Crippen molar-refractivity contribution in [1.82, 2.24) is 0 Å². The van der Waals surface area contributed by atoms with E-state index in [2.05, 4.69) is 0 Å². The van der Waals surface area contributed by atoms with Crippen LogP contribution in [-0.4, -0.2) is 6.29 Å². The topological polar surface area (TPSA) is 52.6 Å². The van der Waals surface area contributed by atoms with Crippen LogP contribution in [0.15, 0.2) is 57.6 Å². The third-order valence-corrected chi connectivity index (χ3v) is 4.26. The van der Waals surface area contributed by atoms with E-state index < -0.39 is 11.6 Å². The number of rotatable bonds is 5. The molecule has 0 saturated carbocycles. The zero-order valence-corrected chi connectivity index (χ0v) is 14.3. The van der Waals surface area contributed by atoms with Crippen LogP contribution >= 0.6 is 0 Å². The van der Waals surface area contributed by atoms with E-state index in [-0.39, 0.29) is 17.8 Å². The predicted octanol–water partition coefficient (Wildman–Crippen LogP) is 5.67. The molecule has 27 heavy (non-hydrogen) atoms. The molecule has 136 valence electrons. The Balaban J connectivity index is 1.60. The molecule has 0 N–H and O–H groups in total. The Morgan fingerprint density at radius 1 is 1.11 bits per heavy atom. The van der Waals surface area contributed by atoms with Gasteiger partial charge in [0, 0.05) is 5.56 Å². The van der Waals surface area contributed by atoms with Crippen molar-refractivity contribution >= 4 is 17.3 Å². The lowest BCUT2D eigenvalue weighted by Gasteiger charge is -2.08. The SMILES string of the molecule is Cc1coc2c(-c3ccc(OCc4ccc(C=O)o4)cc3)cc(F)c(F)c12. The Kier molecular flexibility index (Phi) is 4.24. The van der Waals surface area contributed by atoms with Crippen LogP contribution in [0.4, 0.5) is 8.78 Å². The number of carbonyl (C=O) groups excluding carboxylic acids is 1. The monoisotopic (exact) mass is 368 g/mol. The van der Waals surface area contributed by atoms with Gasteiger partial charge >= 0.3 is 0 Å². The first kappa shape index (κ1) is 17.0. The van der Waals surface area contributed by atoms with E-state index in [1.807, 2.05) is 0 Å². The first-order valence-electron chi connectivity index (χ1n) is 8.19. The van der Waals surface area contributed by atoms with Gasteiger partial charge < -0.3 is 13.6 Å². The van der Waals surface area contributed by atoms with Crippen molar-refractivity contribution in [2.75, 3.05) is 0 Å². The fourth-order valence-corrected chi connectivity index (χ4v) is 2.93. The maximum absolute atomic E-state index is 14.1. The summed E-state index contributed by atoms with van der Waals surface area (Å²) in [6.45, 7) is 1.83. The summed E-state index contributed by atoms with van der Waals surface area (Å²) in [4.78, 5) is 10.6. The third kappa shape index (κ3) is 3.10. The van der Waals surface area contributed by atoms with Gasteiger partial charge in [-0.3, -0.25) is 4.79 Å². The van der Waals surface area contributed by atoms with E-state index in [1.165, 1.54) is 6.26 Å². The van der Waals surface area contributed by atoms with Gasteiger partial charge in [-0.05, 0) is 48.4 Å². The molecule has 0 aliphatic carbocycles. The number of ether oxygens (including phenoxy) is 1. The second-order valence-electron chi connectivity index (χ2n) is 6.08. The van der Waals surface area contributed by atoms with Crippen LogP contribution in [0, 0.1) is 18.6 Å². The van der Waals surface area contributed by atoms with Gasteiger partial charge in [0.15, 0.2) is 23.7 Å². The Hall–Kier alpha value is -3.41. The molecule has 0 aliphatic rings. The van der Waals surface area contributed by atoms with Gasteiger partial charge in [0.25, 0.3) is 0 Å². The largest absolute Gasteiger partial charge is 0.486 e. The van der Waals surface area contributed by atoms with E-state index in [1.54, 1.807) is 43.3 Å². The molecule has 4 rings (SSSR count). The molecule has 2 heterocycles. The number of fused-ring (bicyclic) bond motifs is 1. The van der Waals surface area contributed by atoms with Crippen LogP contribution in [-0.2, 0) is 6.61 Å². The lowest BCUT2D eigenvalue weighted by Crippen LogP contribution is -1.94. The van der Waals surface area contributed by atoms with E-state index in [9.17, 15) is 13.6 Å². The summed E-state index contributed by atoms with van der Waals surface area (Å²) in [5.41, 5.74) is 1.97. The highest BCUT2D eigenvalue weighted by molar-refractivity contribution is 5.94. The van der Waals surface area contributed by atoms with Crippen molar-refractivity contribution in [3.05, 3.63) is 77.4 Å². The van der Waals surface area contributed by atoms with Crippen LogP contribution in [0.25, 0.3) is 22.1 Å². The fourth-order valence-electron chi connectivity index (χ4n) is 2.93. The maximum atomic E-state index is 14.1. The van der Waals surface area contributed by atoms with Gasteiger partial charge in [-0.2, -0.15) is 0 Å². The Morgan fingerprint density at radius 2 is 1.89 bits per heavy atom. The lowest BCUT2D eigenvalue weighted by atomic mass is 10.0. The van der Waals surface area contributed by atoms with Crippen molar-refractivity contribution in [3.8, 4) is 16.9 Å². The van der Waals surface area contributed by atoms with Gasteiger partial charge in [0.2, 0.25) is 0 Å². The van der Waals surface area contributed by atoms with Crippen LogP contribution in [0.5, 0.6) is 5.75 Å². The number of benzene rings is 2. The minimum Gasteiger partial charge on any atom is -0.486 e. The number of aldehydes is 1. The number of carbonyl (C=O) groups is 1. The molecule has 2 aromatic carbocycles. The number of hydrogen-bond donors (Lipinski definition) is 0. The molecular formula is C21H14F2O4. The molecule has 0 fully saturated rings. The zero-order valence-electron chi connectivity index (χ0n) is 14.3. The predicted molar refractivity (Wildman–Crippen MR) is 94.7 cm³/mol. The Labute approximate surface area is 153 Å². The highest BCUT2D eigenvalue weighted by atomic mass is 19.2. The smallest absolute Gasteiger partial charge is 0.185 e. The number of hydrogen-bond acceptors (Lipinski definition) is 4. The van der Waals surface area contributed by atoms with Crippen LogP contribution in [0.2, 0.25) is 0 Å². The van der Waals surface area contributed by atoms with E-state index in [0.29, 0.717) is 40.1 Å². The number of halogens is 2. The van der Waals surface area contributed by atoms with Gasteiger partial charge in [-0.15, -0.1) is 0 Å². The normalized spacial score (nSPS) is 11.1. The molecule has 2 aromatic heterocycles. The van der Waals surface area contributed by atoms with E-state index >= 15 is 0 Å². The summed E-state index contributed by atoms with van der Waals surface area (Å²) in [5.74, 6) is -0.508. The summed E-state index contributed by atoms with van der Waals surface area (Å²) >= 11 is 0. The zero-order chi connectivity index (χ0) is 19.0. The summed E-state index contributed by atoms with van der Waals surface area (Å²) < 4.78 is 44.3. The highest BCUT2D eigenvalue weighted by Crippen LogP contribution is 2.35. The molecule has 6 heteroatoms. The summed E-state index contributed by atoms with van der Waals surface area (Å²) in [6.07, 6.45) is 2.03. The summed E-state index contributed by atoms with van der Waals surface area (Å²) in [5, 5.41) is 0.147. The molecule has 0 atom stereocenters. The minimum atomic E-state index is -0.925. The average Bonchev–Trinajstić information content (AvgIpc) is 3.30. The van der Waals surface area contributed by atoms with Crippen molar-refractivity contribution < 1.29 is 27.1 Å². The molecule has 0 bridgehead atoms. The standard InChI is InChI=1S/C21H14F2O4/c1-12-10-26-21-17(8-18(22)20(23)19(12)21)13-2-4-14(5-3-13)25-11-16-7-6-15(9-24)27-16/h2-10H,11H2,1H3. The maximum Gasteiger partial charge on any atom is 0.185 e. The average molecular weight is 368 g/mol. The summed E-state index contributed by atoms with van der Waals surface area (Å²) in [7, 11) is 0. The molecule has 0 unspecified atom stereocenters. The van der Waals surface area contributed by atoms with Gasteiger partial charge in [-0.1, -0.05) is 12.1 Å². The molecule has 0 amide bonds. The summed E-state index contributed by atoms with van der Waals surface area (Å²) in [6, 6.07) is 11.2. The van der Waals surface area contributed by atoms with Crippen molar-refractivity contribution in [3.63, 3.8) is 0 Å². The minimum absolute atomic E-state index is 0.147. The molecule has 0 aliphatic heterocycles. The van der Waals surface area contributed by atoms with Crippen LogP contribution < -0.4 is 4.74 Å². The van der Waals surface area contributed by atoms with Gasteiger partial charge in [0.05, 0.1) is 11.6 Å². The molecule has 0 saturated heterocycles. The lowest BCUT2D eigenvalue weighted by molar-refractivity contribution is 0.109. The van der Waals surface area contributed by atoms with Crippen LogP contribution in [0.3, 0.4) is 0 Å². The third-order valence-electron chi connectivity index (χ3n) is 4.26. The van der Waals surface area contributed by atoms with Crippen molar-refractivity contribution in [2.45, 2.75) is 13.5 Å². The Morgan fingerprint density at radius 3 is 2.59 bits per heavy atom. The quantitative estimate of drug-likeness (QED) is 0.426. The molecule has 4 aromatic rings. The van der Waals surface area contributed by atoms with Gasteiger partial charge in [0.1, 0.15) is 23.7 Å². The van der Waals surface area contributed by atoms with E-state index in [4.69, 9.17) is 13.6 Å². The van der Waals surface area contributed by atoms with E-state index in [0.717, 1.165) is 6.07 Å². The molecule has 0 radical (unpaired) electrons. The Bertz CT molecular complexity index is 1120. The van der Waals surface area contributed by atoms with Gasteiger partial charge in [-0.25, -0.2) is 8.78 Å². The second kappa shape index (κ2) is 6.72. The van der Waals surface area contributed by atoms with Crippen molar-refractivity contribution in [2.24, 2.45) is 0 Å². The fraction of sp³-hybridized carbons (Fsp3) is 0.0952. The van der Waals surface area contributed by atoms with Crippen molar-refractivity contribution in [1.29, 1.82) is 0 Å². The van der Waals surface area contributed by atoms with Crippen LogP contribution in [0.1, 0.15) is 21.9 Å². The molecule has 0 spiro atoms. The number of aryl methyl sites for hydroxylation is 1. The first-order valence-corrected chi connectivity index (χ1v) is 8.19. The first-order chi connectivity index (χ1) is 13.1.